The van der Waals surface area contributed by atoms with E-state index in [2.05, 4.69) is 26.0 Å². The Bertz CT molecular complexity index is 567. The molecule has 0 amide bonds. The number of aryl methyl sites for hydroxylation is 2. The maximum absolute atomic E-state index is 9.10. The Kier molecular flexibility index (Phi) is 4.25. The molecule has 19 heavy (non-hydrogen) atoms. The lowest BCUT2D eigenvalue weighted by molar-refractivity contribution is 0.306. The molecule has 4 heteroatoms. The average molecular weight is 256 g/mol. The monoisotopic (exact) mass is 256 g/mol. The van der Waals surface area contributed by atoms with Gasteiger partial charge in [0, 0.05) is 0 Å². The van der Waals surface area contributed by atoms with E-state index >= 15 is 0 Å². The highest BCUT2D eigenvalue weighted by atomic mass is 16.5. The van der Waals surface area contributed by atoms with Gasteiger partial charge in [-0.25, -0.2) is 0 Å². The zero-order valence-corrected chi connectivity index (χ0v) is 11.1. The van der Waals surface area contributed by atoms with Crippen molar-refractivity contribution >= 4 is 12.6 Å². The molecule has 0 aliphatic carbocycles. The quantitative estimate of drug-likeness (QED) is 0.816. The SMILES string of the molecule is Cc1ccc(COc2cccc(B(O)O)c2)cc1C. The van der Waals surface area contributed by atoms with Crippen molar-refractivity contribution in [3.05, 3.63) is 59.2 Å². The van der Waals surface area contributed by atoms with Crippen molar-refractivity contribution < 1.29 is 14.8 Å². The van der Waals surface area contributed by atoms with Gasteiger partial charge in [0.1, 0.15) is 12.4 Å². The van der Waals surface area contributed by atoms with Gasteiger partial charge in [-0.15, -0.1) is 0 Å². The van der Waals surface area contributed by atoms with E-state index in [0.29, 0.717) is 17.8 Å². The maximum atomic E-state index is 9.10. The molecule has 0 aliphatic rings. The molecule has 0 aromatic heterocycles. The standard InChI is InChI=1S/C15H17BO3/c1-11-6-7-13(8-12(11)2)10-19-15-5-3-4-14(9-15)16(17)18/h3-9,17-18H,10H2,1-2H3. The second-order valence-corrected chi connectivity index (χ2v) is 4.65. The molecule has 0 saturated heterocycles. The van der Waals surface area contributed by atoms with E-state index in [1.807, 2.05) is 6.07 Å². The van der Waals surface area contributed by atoms with Gasteiger partial charge < -0.3 is 14.8 Å². The van der Waals surface area contributed by atoms with E-state index < -0.39 is 7.12 Å². The molecule has 2 N–H and O–H groups in total. The van der Waals surface area contributed by atoms with Crippen molar-refractivity contribution in [2.45, 2.75) is 20.5 Å². The Balaban J connectivity index is 2.05. The van der Waals surface area contributed by atoms with Crippen molar-refractivity contribution in [1.29, 1.82) is 0 Å². The number of ether oxygens (including phenoxy) is 1. The number of rotatable bonds is 4. The molecule has 0 heterocycles. The first-order valence-corrected chi connectivity index (χ1v) is 6.21. The summed E-state index contributed by atoms with van der Waals surface area (Å²) in [5, 5.41) is 18.2. The molecule has 0 spiro atoms. The molecule has 0 atom stereocenters. The summed E-state index contributed by atoms with van der Waals surface area (Å²) in [5.74, 6) is 0.629. The Labute approximate surface area is 113 Å². The van der Waals surface area contributed by atoms with Gasteiger partial charge >= 0.3 is 7.12 Å². The maximum Gasteiger partial charge on any atom is 0.488 e. The first kappa shape index (κ1) is 13.7. The van der Waals surface area contributed by atoms with Crippen molar-refractivity contribution in [2.75, 3.05) is 0 Å². The lowest BCUT2D eigenvalue weighted by Crippen LogP contribution is -2.29. The average Bonchev–Trinajstić information content (AvgIpc) is 2.40. The third kappa shape index (κ3) is 3.59. The van der Waals surface area contributed by atoms with Crippen molar-refractivity contribution in [3.63, 3.8) is 0 Å². The van der Waals surface area contributed by atoms with E-state index in [9.17, 15) is 0 Å². The molecular formula is C15H17BO3. The minimum atomic E-state index is -1.47. The molecule has 3 nitrogen and oxygen atoms in total. The first-order chi connectivity index (χ1) is 9.06. The lowest BCUT2D eigenvalue weighted by Gasteiger charge is -2.09. The lowest BCUT2D eigenvalue weighted by atomic mass is 9.80. The van der Waals surface area contributed by atoms with Crippen molar-refractivity contribution in [2.24, 2.45) is 0 Å². The van der Waals surface area contributed by atoms with E-state index in [1.165, 1.54) is 11.1 Å². The van der Waals surface area contributed by atoms with E-state index in [4.69, 9.17) is 14.8 Å². The summed E-state index contributed by atoms with van der Waals surface area (Å²) in [5.41, 5.74) is 4.02. The van der Waals surface area contributed by atoms with Crippen LogP contribution in [-0.4, -0.2) is 17.2 Å². The van der Waals surface area contributed by atoms with Crippen LogP contribution in [0.15, 0.2) is 42.5 Å². The summed E-state index contributed by atoms with van der Waals surface area (Å²) in [6, 6.07) is 13.0. The number of benzene rings is 2. The Morgan fingerprint density at radius 2 is 1.79 bits per heavy atom. The molecule has 98 valence electrons. The highest BCUT2D eigenvalue weighted by Crippen LogP contribution is 2.14. The number of hydrogen-bond acceptors (Lipinski definition) is 3. The zero-order valence-electron chi connectivity index (χ0n) is 11.1. The van der Waals surface area contributed by atoms with Crippen LogP contribution in [0.4, 0.5) is 0 Å². The zero-order chi connectivity index (χ0) is 13.8. The van der Waals surface area contributed by atoms with Crippen LogP contribution in [0.25, 0.3) is 0 Å². The minimum Gasteiger partial charge on any atom is -0.489 e. The molecule has 0 bridgehead atoms. The van der Waals surface area contributed by atoms with Crippen LogP contribution in [0.5, 0.6) is 5.75 Å². The predicted octanol–water partition coefficient (Wildman–Crippen LogP) is 1.56. The highest BCUT2D eigenvalue weighted by molar-refractivity contribution is 6.58. The fraction of sp³-hybridized carbons (Fsp3) is 0.200. The van der Waals surface area contributed by atoms with Gasteiger partial charge in [0.15, 0.2) is 0 Å². The van der Waals surface area contributed by atoms with E-state index in [0.717, 1.165) is 5.56 Å². The summed E-state index contributed by atoms with van der Waals surface area (Å²) in [6.45, 7) is 4.61. The van der Waals surface area contributed by atoms with Crippen LogP contribution in [0.2, 0.25) is 0 Å². The van der Waals surface area contributed by atoms with Gasteiger partial charge in [-0.2, -0.15) is 0 Å². The molecule has 0 aliphatic heterocycles. The highest BCUT2D eigenvalue weighted by Gasteiger charge is 2.11. The molecule has 2 aromatic rings. The summed E-state index contributed by atoms with van der Waals surface area (Å²) in [4.78, 5) is 0. The van der Waals surface area contributed by atoms with Gasteiger partial charge in [-0.1, -0.05) is 30.3 Å². The van der Waals surface area contributed by atoms with Gasteiger partial charge in [-0.3, -0.25) is 0 Å². The molecule has 2 rings (SSSR count). The Morgan fingerprint density at radius 1 is 1.00 bits per heavy atom. The van der Waals surface area contributed by atoms with Crippen LogP contribution in [-0.2, 0) is 6.61 Å². The van der Waals surface area contributed by atoms with Crippen LogP contribution in [0, 0.1) is 13.8 Å². The Hall–Kier alpha value is -1.78. The largest absolute Gasteiger partial charge is 0.489 e. The minimum absolute atomic E-state index is 0.428. The fourth-order valence-electron chi connectivity index (χ4n) is 1.82. The van der Waals surface area contributed by atoms with E-state index in [-0.39, 0.29) is 0 Å². The van der Waals surface area contributed by atoms with Gasteiger partial charge in [-0.05, 0) is 48.1 Å². The van der Waals surface area contributed by atoms with Crippen LogP contribution in [0.1, 0.15) is 16.7 Å². The normalized spacial score (nSPS) is 10.3. The topological polar surface area (TPSA) is 49.7 Å². The smallest absolute Gasteiger partial charge is 0.488 e. The third-order valence-corrected chi connectivity index (χ3v) is 3.13. The molecule has 0 saturated carbocycles. The summed E-state index contributed by atoms with van der Waals surface area (Å²) in [6.07, 6.45) is 0. The fourth-order valence-corrected chi connectivity index (χ4v) is 1.82. The van der Waals surface area contributed by atoms with Gasteiger partial charge in [0.2, 0.25) is 0 Å². The van der Waals surface area contributed by atoms with Crippen molar-refractivity contribution in [3.8, 4) is 5.75 Å². The molecule has 0 unspecified atom stereocenters. The predicted molar refractivity (Wildman–Crippen MR) is 76.5 cm³/mol. The third-order valence-electron chi connectivity index (χ3n) is 3.13. The second kappa shape index (κ2) is 5.91. The van der Waals surface area contributed by atoms with Crippen LogP contribution < -0.4 is 10.2 Å². The molecule has 0 radical (unpaired) electrons. The summed E-state index contributed by atoms with van der Waals surface area (Å²) in [7, 11) is -1.47. The molecular weight excluding hydrogens is 239 g/mol. The molecule has 0 fully saturated rings. The van der Waals surface area contributed by atoms with Crippen molar-refractivity contribution in [1.82, 2.24) is 0 Å². The van der Waals surface area contributed by atoms with Gasteiger partial charge in [0.25, 0.3) is 0 Å². The van der Waals surface area contributed by atoms with Crippen LogP contribution >= 0.6 is 0 Å². The Morgan fingerprint density at radius 3 is 2.47 bits per heavy atom. The van der Waals surface area contributed by atoms with Crippen LogP contribution in [0.3, 0.4) is 0 Å². The second-order valence-electron chi connectivity index (χ2n) is 4.65. The van der Waals surface area contributed by atoms with Gasteiger partial charge in [0.05, 0.1) is 0 Å². The summed E-state index contributed by atoms with van der Waals surface area (Å²) < 4.78 is 5.66. The van der Waals surface area contributed by atoms with E-state index in [1.54, 1.807) is 24.3 Å². The number of hydrogen-bond donors (Lipinski definition) is 2. The molecule has 2 aromatic carbocycles. The first-order valence-electron chi connectivity index (χ1n) is 6.21. The summed E-state index contributed by atoms with van der Waals surface area (Å²) >= 11 is 0.